The molecule has 2 heterocycles. The van der Waals surface area contributed by atoms with Crippen molar-refractivity contribution < 1.29 is 33.8 Å². The Kier molecular flexibility index (Phi) is 15.8. The highest BCUT2D eigenvalue weighted by Gasteiger charge is 2.36. The van der Waals surface area contributed by atoms with Crippen molar-refractivity contribution in [3.63, 3.8) is 0 Å². The van der Waals surface area contributed by atoms with Gasteiger partial charge in [-0.3, -0.25) is 24.0 Å². The minimum absolute atomic E-state index is 0.0481. The maximum absolute atomic E-state index is 14.1. The zero-order valence-corrected chi connectivity index (χ0v) is 31.3. The van der Waals surface area contributed by atoms with Crippen molar-refractivity contribution in [2.45, 2.75) is 117 Å². The Balaban J connectivity index is 1.80. The molecule has 1 fully saturated rings. The summed E-state index contributed by atoms with van der Waals surface area (Å²) in [7, 11) is 1.71. The number of amides is 3. The third-order valence-electron chi connectivity index (χ3n) is 9.53. The van der Waals surface area contributed by atoms with Gasteiger partial charge in [-0.05, 0) is 49.6 Å². The quantitative estimate of drug-likeness (QED) is 0.160. The van der Waals surface area contributed by atoms with Gasteiger partial charge in [-0.2, -0.15) is 0 Å². The number of carboxylic acid groups (broad SMARTS) is 1. The molecule has 1 aliphatic rings. The Bertz CT molecular complexity index is 1430. The molecule has 0 saturated carbocycles. The molecular weight excluding hydrogens is 659 g/mol. The number of hydrogen-bond acceptors (Lipinski definition) is 9. The van der Waals surface area contributed by atoms with Crippen molar-refractivity contribution in [2.24, 2.45) is 17.8 Å². The number of esters is 1. The van der Waals surface area contributed by atoms with Crippen LogP contribution >= 0.6 is 11.3 Å². The maximum Gasteiger partial charge on any atom is 0.306 e. The largest absolute Gasteiger partial charge is 0.481 e. The van der Waals surface area contributed by atoms with Crippen molar-refractivity contribution >= 4 is 41.0 Å². The number of carbonyl (C=O) groups is 5. The monoisotopic (exact) mass is 713 g/mol. The molecule has 12 nitrogen and oxygen atoms in total. The first-order valence-electron chi connectivity index (χ1n) is 17.7. The van der Waals surface area contributed by atoms with Gasteiger partial charge in [-0.25, -0.2) is 4.98 Å². The first-order valence-corrected chi connectivity index (χ1v) is 18.6. The fourth-order valence-corrected chi connectivity index (χ4v) is 7.15. The van der Waals surface area contributed by atoms with Crippen LogP contribution in [0.1, 0.15) is 107 Å². The minimum Gasteiger partial charge on any atom is -0.481 e. The Morgan fingerprint density at radius 2 is 1.76 bits per heavy atom. The smallest absolute Gasteiger partial charge is 0.306 e. The number of aromatic nitrogens is 1. The molecule has 276 valence electrons. The summed E-state index contributed by atoms with van der Waals surface area (Å²) in [5, 5.41) is 20.8. The van der Waals surface area contributed by atoms with Crippen LogP contribution in [0.15, 0.2) is 35.7 Å². The molecule has 0 aliphatic carbocycles. The number of rotatable bonds is 18. The van der Waals surface area contributed by atoms with E-state index in [0.29, 0.717) is 17.8 Å². The van der Waals surface area contributed by atoms with E-state index in [1.54, 1.807) is 24.3 Å². The molecule has 1 saturated heterocycles. The zero-order valence-electron chi connectivity index (χ0n) is 30.4. The highest BCUT2D eigenvalue weighted by Crippen LogP contribution is 2.31. The summed E-state index contributed by atoms with van der Waals surface area (Å²) in [5.41, 5.74) is 1.09. The lowest BCUT2D eigenvalue weighted by atomic mass is 9.92. The Morgan fingerprint density at radius 3 is 2.34 bits per heavy atom. The molecule has 0 unspecified atom stereocenters. The van der Waals surface area contributed by atoms with Crippen LogP contribution in [0.3, 0.4) is 0 Å². The van der Waals surface area contributed by atoms with Gasteiger partial charge in [0.2, 0.25) is 11.8 Å². The first-order chi connectivity index (χ1) is 23.7. The minimum atomic E-state index is -0.945. The average molecular weight is 714 g/mol. The van der Waals surface area contributed by atoms with Crippen LogP contribution in [0.2, 0.25) is 0 Å². The van der Waals surface area contributed by atoms with E-state index >= 15 is 0 Å². The SMILES string of the molecule is CC[C@H](C)[C@H](NC(=O)[C@H]1CCCCN1)C(=O)N(C)[C@H](C[C@@H](OC(C)=O)c1nc(C(=O)N[C@@H](Cc2ccccc2)C[C@H](C)C(=O)O)cs1)C(C)C. The number of benzene rings is 1. The summed E-state index contributed by atoms with van der Waals surface area (Å²) in [6, 6.07) is 7.63. The van der Waals surface area contributed by atoms with Crippen molar-refractivity contribution in [2.75, 3.05) is 13.6 Å². The number of likely N-dealkylation sites (N-methyl/N-ethyl adjacent to an activating group) is 1. The first kappa shape index (κ1) is 40.6. The number of nitrogens with zero attached hydrogens (tertiary/aromatic N) is 2. The van der Waals surface area contributed by atoms with Crippen molar-refractivity contribution in [1.29, 1.82) is 0 Å². The Hall–Kier alpha value is -3.84. The average Bonchev–Trinajstić information content (AvgIpc) is 3.59. The molecule has 1 aliphatic heterocycles. The van der Waals surface area contributed by atoms with Crippen molar-refractivity contribution in [3.05, 3.63) is 52.0 Å². The number of hydrogen-bond donors (Lipinski definition) is 4. The van der Waals surface area contributed by atoms with E-state index in [-0.39, 0.29) is 48.2 Å². The van der Waals surface area contributed by atoms with Gasteiger partial charge >= 0.3 is 11.9 Å². The van der Waals surface area contributed by atoms with Crippen LogP contribution in [0.25, 0.3) is 0 Å². The normalized spacial score (nSPS) is 18.2. The molecular formula is C37H55N5O7S. The van der Waals surface area contributed by atoms with Gasteiger partial charge in [0.25, 0.3) is 5.91 Å². The lowest BCUT2D eigenvalue weighted by Gasteiger charge is -2.37. The van der Waals surface area contributed by atoms with Gasteiger partial charge in [-0.15, -0.1) is 11.3 Å². The Labute approximate surface area is 300 Å². The summed E-state index contributed by atoms with van der Waals surface area (Å²) in [5.74, 6) is -3.15. The van der Waals surface area contributed by atoms with Gasteiger partial charge < -0.3 is 30.7 Å². The molecule has 3 amide bonds. The van der Waals surface area contributed by atoms with Crippen molar-refractivity contribution in [3.8, 4) is 0 Å². The molecule has 7 atom stereocenters. The molecule has 0 bridgehead atoms. The molecule has 0 spiro atoms. The van der Waals surface area contributed by atoms with E-state index in [1.165, 1.54) is 18.3 Å². The number of nitrogens with one attached hydrogen (secondary N) is 3. The van der Waals surface area contributed by atoms with Crippen LogP contribution in [0, 0.1) is 17.8 Å². The maximum atomic E-state index is 14.1. The van der Waals surface area contributed by atoms with Gasteiger partial charge in [0, 0.05) is 37.9 Å². The second-order valence-electron chi connectivity index (χ2n) is 13.9. The molecule has 4 N–H and O–H groups in total. The van der Waals surface area contributed by atoms with E-state index in [9.17, 15) is 29.1 Å². The lowest BCUT2D eigenvalue weighted by Crippen LogP contribution is -2.57. The number of ether oxygens (including phenoxy) is 1. The van der Waals surface area contributed by atoms with E-state index in [0.717, 1.165) is 31.4 Å². The predicted molar refractivity (Wildman–Crippen MR) is 192 cm³/mol. The van der Waals surface area contributed by atoms with E-state index in [1.807, 2.05) is 58.0 Å². The van der Waals surface area contributed by atoms with Crippen LogP contribution in [0.4, 0.5) is 0 Å². The highest BCUT2D eigenvalue weighted by molar-refractivity contribution is 7.09. The lowest BCUT2D eigenvalue weighted by molar-refractivity contribution is -0.149. The molecule has 0 radical (unpaired) electrons. The zero-order chi connectivity index (χ0) is 37.0. The van der Waals surface area contributed by atoms with Crippen molar-refractivity contribution in [1.82, 2.24) is 25.8 Å². The van der Waals surface area contributed by atoms with Gasteiger partial charge in [0.1, 0.15) is 16.7 Å². The summed E-state index contributed by atoms with van der Waals surface area (Å²) in [4.78, 5) is 70.8. The summed E-state index contributed by atoms with van der Waals surface area (Å²) in [6.45, 7) is 11.6. The molecule has 13 heteroatoms. The van der Waals surface area contributed by atoms with E-state index in [2.05, 4.69) is 20.9 Å². The van der Waals surface area contributed by atoms with E-state index in [4.69, 9.17) is 4.74 Å². The number of piperidine rings is 1. The third kappa shape index (κ3) is 11.9. The Morgan fingerprint density at radius 1 is 1.06 bits per heavy atom. The van der Waals surface area contributed by atoms with Gasteiger partial charge in [-0.1, -0.05) is 77.8 Å². The molecule has 1 aromatic carbocycles. The fraction of sp³-hybridized carbons (Fsp3) is 0.622. The molecule has 1 aromatic heterocycles. The van der Waals surface area contributed by atoms with Crippen LogP contribution < -0.4 is 16.0 Å². The number of carboxylic acids is 1. The topological polar surface area (TPSA) is 167 Å². The van der Waals surface area contributed by atoms with Gasteiger partial charge in [0.15, 0.2) is 6.10 Å². The molecule has 3 rings (SSSR count). The third-order valence-corrected chi connectivity index (χ3v) is 10.5. The number of carbonyl (C=O) groups excluding carboxylic acids is 4. The van der Waals surface area contributed by atoms with Crippen LogP contribution in [-0.4, -0.2) is 82.4 Å². The summed E-state index contributed by atoms with van der Waals surface area (Å²) < 4.78 is 5.75. The fourth-order valence-electron chi connectivity index (χ4n) is 6.31. The van der Waals surface area contributed by atoms with E-state index < -0.39 is 48.0 Å². The van der Waals surface area contributed by atoms with Crippen LogP contribution in [-0.2, 0) is 30.3 Å². The number of thiazole rings is 1. The second kappa shape index (κ2) is 19.5. The standard InChI is InChI=1S/C37H55N5O7S/c1-8-23(4)32(41-33(44)28-16-12-13-17-38-28)36(46)42(7)30(22(2)3)20-31(49-25(6)43)35-40-29(21-50-35)34(45)39-27(18-24(5)37(47)48)19-26-14-10-9-11-15-26/h9-11,14-15,21-24,27-28,30-32,38H,8,12-13,16-20H2,1-7H3,(H,39,45)(H,41,44)(H,47,48)/t23-,24-,27+,28+,30+,31+,32-/m0/s1. The molecule has 2 aromatic rings. The van der Waals surface area contributed by atoms with Gasteiger partial charge in [0.05, 0.1) is 12.0 Å². The van der Waals surface area contributed by atoms with Crippen LogP contribution in [0.5, 0.6) is 0 Å². The summed E-state index contributed by atoms with van der Waals surface area (Å²) in [6.07, 6.45) is 3.46. The second-order valence-corrected chi connectivity index (χ2v) is 14.8. The summed E-state index contributed by atoms with van der Waals surface area (Å²) >= 11 is 1.18. The highest BCUT2D eigenvalue weighted by atomic mass is 32.1. The molecule has 50 heavy (non-hydrogen) atoms. The predicted octanol–water partition coefficient (Wildman–Crippen LogP) is 4.75. The number of aliphatic carboxylic acids is 1.